The highest BCUT2D eigenvalue weighted by atomic mass is 16.5. The van der Waals surface area contributed by atoms with E-state index in [1.54, 1.807) is 0 Å². The first kappa shape index (κ1) is 13.9. The first-order valence-electron chi connectivity index (χ1n) is 8.16. The van der Waals surface area contributed by atoms with Crippen molar-refractivity contribution in [1.29, 1.82) is 0 Å². The van der Waals surface area contributed by atoms with Crippen molar-refractivity contribution in [2.45, 2.75) is 52.1 Å². The summed E-state index contributed by atoms with van der Waals surface area (Å²) in [6.07, 6.45) is 5.78. The lowest BCUT2D eigenvalue weighted by Gasteiger charge is -2.21. The van der Waals surface area contributed by atoms with E-state index in [0.717, 1.165) is 36.7 Å². The van der Waals surface area contributed by atoms with Gasteiger partial charge in [0, 0.05) is 12.6 Å². The minimum atomic E-state index is 0.531. The zero-order chi connectivity index (χ0) is 13.9. The molecule has 0 amide bonds. The molecule has 2 bridgehead atoms. The first-order valence-corrected chi connectivity index (χ1v) is 8.16. The SMILES string of the molecule is CC(C)NCc1ccc(OCC2CC3CCC2C3)cc1. The van der Waals surface area contributed by atoms with Gasteiger partial charge in [0.15, 0.2) is 0 Å². The third-order valence-corrected chi connectivity index (χ3v) is 4.99. The van der Waals surface area contributed by atoms with Crippen molar-refractivity contribution in [2.75, 3.05) is 6.61 Å². The van der Waals surface area contributed by atoms with Crippen molar-refractivity contribution in [3.8, 4) is 5.75 Å². The van der Waals surface area contributed by atoms with E-state index in [-0.39, 0.29) is 0 Å². The van der Waals surface area contributed by atoms with Crippen molar-refractivity contribution < 1.29 is 4.74 Å². The Labute approximate surface area is 122 Å². The maximum absolute atomic E-state index is 6.00. The summed E-state index contributed by atoms with van der Waals surface area (Å²) in [6, 6.07) is 9.11. The number of benzene rings is 1. The zero-order valence-electron chi connectivity index (χ0n) is 12.8. The molecule has 1 N–H and O–H groups in total. The maximum Gasteiger partial charge on any atom is 0.119 e. The fraction of sp³-hybridized carbons (Fsp3) is 0.667. The maximum atomic E-state index is 6.00. The van der Waals surface area contributed by atoms with Crippen LogP contribution in [0.1, 0.15) is 45.1 Å². The van der Waals surface area contributed by atoms with Gasteiger partial charge in [-0.05, 0) is 54.7 Å². The molecule has 0 aliphatic heterocycles. The van der Waals surface area contributed by atoms with Crippen LogP contribution in [0.15, 0.2) is 24.3 Å². The van der Waals surface area contributed by atoms with E-state index in [2.05, 4.69) is 43.4 Å². The molecular formula is C18H27NO. The summed E-state index contributed by atoms with van der Waals surface area (Å²) in [5, 5.41) is 3.44. The van der Waals surface area contributed by atoms with Gasteiger partial charge in [0.1, 0.15) is 5.75 Å². The van der Waals surface area contributed by atoms with Crippen LogP contribution < -0.4 is 10.1 Å². The largest absolute Gasteiger partial charge is 0.493 e. The fourth-order valence-corrected chi connectivity index (χ4v) is 3.81. The van der Waals surface area contributed by atoms with Gasteiger partial charge in [-0.3, -0.25) is 0 Å². The second-order valence-corrected chi connectivity index (χ2v) is 6.93. The molecule has 0 saturated heterocycles. The van der Waals surface area contributed by atoms with Crippen LogP contribution in [0.25, 0.3) is 0 Å². The Balaban J connectivity index is 1.46. The molecule has 1 aromatic rings. The van der Waals surface area contributed by atoms with Crippen molar-refractivity contribution in [3.63, 3.8) is 0 Å². The summed E-state index contributed by atoms with van der Waals surface area (Å²) in [7, 11) is 0. The fourth-order valence-electron chi connectivity index (χ4n) is 3.81. The molecule has 2 aliphatic rings. The van der Waals surface area contributed by atoms with Crippen LogP contribution in [0.2, 0.25) is 0 Å². The van der Waals surface area contributed by atoms with Crippen molar-refractivity contribution >= 4 is 0 Å². The summed E-state index contributed by atoms with van der Waals surface area (Å²) in [6.45, 7) is 6.20. The van der Waals surface area contributed by atoms with Gasteiger partial charge in [0.05, 0.1) is 6.61 Å². The highest BCUT2D eigenvalue weighted by molar-refractivity contribution is 5.27. The number of ether oxygens (including phenoxy) is 1. The van der Waals surface area contributed by atoms with Crippen LogP contribution in [0.5, 0.6) is 5.75 Å². The second kappa shape index (κ2) is 6.17. The van der Waals surface area contributed by atoms with E-state index in [0.29, 0.717) is 6.04 Å². The van der Waals surface area contributed by atoms with Crippen LogP contribution in [-0.2, 0) is 6.54 Å². The Morgan fingerprint density at radius 1 is 1.15 bits per heavy atom. The number of hydrogen-bond donors (Lipinski definition) is 1. The average Bonchev–Trinajstić information content (AvgIpc) is 3.06. The minimum absolute atomic E-state index is 0.531. The predicted octanol–water partition coefficient (Wildman–Crippen LogP) is 4.00. The van der Waals surface area contributed by atoms with Gasteiger partial charge in [-0.15, -0.1) is 0 Å². The molecule has 1 aromatic carbocycles. The van der Waals surface area contributed by atoms with Crippen LogP contribution in [0.3, 0.4) is 0 Å². The van der Waals surface area contributed by atoms with E-state index in [9.17, 15) is 0 Å². The average molecular weight is 273 g/mol. The molecule has 2 nitrogen and oxygen atoms in total. The highest BCUT2D eigenvalue weighted by Gasteiger charge is 2.39. The molecule has 0 aromatic heterocycles. The Bertz CT molecular complexity index is 426. The topological polar surface area (TPSA) is 21.3 Å². The molecule has 2 heteroatoms. The third kappa shape index (κ3) is 3.35. The molecular weight excluding hydrogens is 246 g/mol. The summed E-state index contributed by atoms with van der Waals surface area (Å²) in [5.74, 6) is 3.81. The van der Waals surface area contributed by atoms with Gasteiger partial charge in [-0.2, -0.15) is 0 Å². The number of nitrogens with one attached hydrogen (secondary N) is 1. The van der Waals surface area contributed by atoms with Gasteiger partial charge < -0.3 is 10.1 Å². The lowest BCUT2D eigenvalue weighted by atomic mass is 9.89. The smallest absolute Gasteiger partial charge is 0.119 e. The molecule has 3 unspecified atom stereocenters. The van der Waals surface area contributed by atoms with Gasteiger partial charge in [0.2, 0.25) is 0 Å². The van der Waals surface area contributed by atoms with E-state index < -0.39 is 0 Å². The van der Waals surface area contributed by atoms with Crippen molar-refractivity contribution in [2.24, 2.45) is 17.8 Å². The van der Waals surface area contributed by atoms with E-state index in [1.165, 1.54) is 31.2 Å². The molecule has 110 valence electrons. The molecule has 20 heavy (non-hydrogen) atoms. The van der Waals surface area contributed by atoms with Gasteiger partial charge in [-0.25, -0.2) is 0 Å². The van der Waals surface area contributed by atoms with Crippen LogP contribution >= 0.6 is 0 Å². The molecule has 2 fully saturated rings. The molecule has 2 aliphatic carbocycles. The number of fused-ring (bicyclic) bond motifs is 2. The van der Waals surface area contributed by atoms with Crippen molar-refractivity contribution in [1.82, 2.24) is 5.32 Å². The van der Waals surface area contributed by atoms with Crippen LogP contribution in [0, 0.1) is 17.8 Å². The van der Waals surface area contributed by atoms with E-state index in [1.807, 2.05) is 0 Å². The Morgan fingerprint density at radius 2 is 1.95 bits per heavy atom. The standard InChI is InChI=1S/C18H27NO/c1-13(2)19-11-14-4-7-18(8-5-14)20-12-17-10-15-3-6-16(17)9-15/h4-5,7-8,13,15-17,19H,3,6,9-12H2,1-2H3. The summed E-state index contributed by atoms with van der Waals surface area (Å²) in [5.41, 5.74) is 1.32. The zero-order valence-corrected chi connectivity index (χ0v) is 12.8. The number of hydrogen-bond acceptors (Lipinski definition) is 2. The molecule has 3 atom stereocenters. The Morgan fingerprint density at radius 3 is 2.55 bits per heavy atom. The lowest BCUT2D eigenvalue weighted by molar-refractivity contribution is 0.195. The van der Waals surface area contributed by atoms with Crippen molar-refractivity contribution in [3.05, 3.63) is 29.8 Å². The minimum Gasteiger partial charge on any atom is -0.493 e. The van der Waals surface area contributed by atoms with Crippen LogP contribution in [0.4, 0.5) is 0 Å². The van der Waals surface area contributed by atoms with Gasteiger partial charge in [0.25, 0.3) is 0 Å². The van der Waals surface area contributed by atoms with E-state index in [4.69, 9.17) is 4.74 Å². The molecule has 0 spiro atoms. The summed E-state index contributed by atoms with van der Waals surface area (Å²) >= 11 is 0. The van der Waals surface area contributed by atoms with Gasteiger partial charge >= 0.3 is 0 Å². The second-order valence-electron chi connectivity index (χ2n) is 6.93. The predicted molar refractivity (Wildman–Crippen MR) is 82.9 cm³/mol. The monoisotopic (exact) mass is 273 g/mol. The molecule has 3 rings (SSSR count). The quantitative estimate of drug-likeness (QED) is 0.846. The number of rotatable bonds is 6. The molecule has 0 radical (unpaired) electrons. The Hall–Kier alpha value is -1.02. The normalized spacial score (nSPS) is 28.2. The molecule has 0 heterocycles. The highest BCUT2D eigenvalue weighted by Crippen LogP contribution is 2.48. The summed E-state index contributed by atoms with van der Waals surface area (Å²) in [4.78, 5) is 0. The molecule has 2 saturated carbocycles. The Kier molecular flexibility index (Phi) is 4.30. The first-order chi connectivity index (χ1) is 9.70. The third-order valence-electron chi connectivity index (χ3n) is 4.99. The summed E-state index contributed by atoms with van der Waals surface area (Å²) < 4.78 is 6.00. The van der Waals surface area contributed by atoms with E-state index >= 15 is 0 Å². The van der Waals surface area contributed by atoms with Crippen LogP contribution in [-0.4, -0.2) is 12.6 Å². The van der Waals surface area contributed by atoms with Gasteiger partial charge in [-0.1, -0.05) is 32.4 Å². The lowest BCUT2D eigenvalue weighted by Crippen LogP contribution is -2.21.